The molecule has 0 N–H and O–H groups in total. The number of carbonyl (C=O) groups excluding carboxylic acids is 1. The van der Waals surface area contributed by atoms with E-state index < -0.39 is 0 Å². The third-order valence-corrected chi connectivity index (χ3v) is 5.74. The number of rotatable bonds is 1. The molecule has 0 aromatic heterocycles. The van der Waals surface area contributed by atoms with Crippen LogP contribution >= 0.6 is 0 Å². The molecule has 1 heterocycles. The average molecular weight is 249 g/mol. The molecule has 4 aliphatic carbocycles. The van der Waals surface area contributed by atoms with Gasteiger partial charge in [0.2, 0.25) is 0 Å². The number of hydrogen-bond donors (Lipinski definition) is 0. The molecule has 0 unspecified atom stereocenters. The van der Waals surface area contributed by atoms with Gasteiger partial charge in [0.05, 0.1) is 0 Å². The largest absolute Gasteiger partial charge is 0.446 e. The van der Waals surface area contributed by atoms with Crippen molar-refractivity contribution in [3.8, 4) is 0 Å². The minimum atomic E-state index is -0.0232. The Bertz CT molecular complexity index is 320. The maximum absolute atomic E-state index is 12.1. The van der Waals surface area contributed by atoms with E-state index in [1.165, 1.54) is 32.1 Å². The Morgan fingerprint density at radius 2 is 1.44 bits per heavy atom. The van der Waals surface area contributed by atoms with Gasteiger partial charge in [0.25, 0.3) is 0 Å². The topological polar surface area (TPSA) is 29.5 Å². The summed E-state index contributed by atoms with van der Waals surface area (Å²) in [7, 11) is 0. The molecule has 3 heteroatoms. The van der Waals surface area contributed by atoms with Crippen molar-refractivity contribution in [2.24, 2.45) is 23.7 Å². The number of amides is 1. The maximum atomic E-state index is 12.1. The Labute approximate surface area is 109 Å². The molecule has 1 aliphatic heterocycles. The van der Waals surface area contributed by atoms with Crippen molar-refractivity contribution in [1.29, 1.82) is 0 Å². The number of nitrogens with zero attached hydrogens (tertiary/aromatic N) is 1. The van der Waals surface area contributed by atoms with E-state index in [9.17, 15) is 4.79 Å². The number of hydrogen-bond acceptors (Lipinski definition) is 2. The smallest absolute Gasteiger partial charge is 0.410 e. The molecule has 18 heavy (non-hydrogen) atoms. The summed E-state index contributed by atoms with van der Waals surface area (Å²) in [5.41, 5.74) is 0. The van der Waals surface area contributed by atoms with E-state index in [2.05, 4.69) is 0 Å². The highest BCUT2D eigenvalue weighted by atomic mass is 16.6. The molecule has 5 rings (SSSR count). The third-order valence-electron chi connectivity index (χ3n) is 5.74. The standard InChI is InChI=1S/C15H23NO2/c17-15(16-3-1-2-4-16)18-14-12-6-10-5-11(8-12)9-13(14)7-10/h10-14H,1-9H2. The zero-order chi connectivity index (χ0) is 12.1. The highest BCUT2D eigenvalue weighted by Crippen LogP contribution is 2.54. The molecule has 0 spiro atoms. The Morgan fingerprint density at radius 3 is 2.00 bits per heavy atom. The van der Waals surface area contributed by atoms with Gasteiger partial charge in [-0.05, 0) is 68.6 Å². The maximum Gasteiger partial charge on any atom is 0.410 e. The summed E-state index contributed by atoms with van der Waals surface area (Å²) in [6, 6.07) is 0. The van der Waals surface area contributed by atoms with Crippen LogP contribution in [0, 0.1) is 23.7 Å². The van der Waals surface area contributed by atoms with Crippen molar-refractivity contribution in [2.75, 3.05) is 13.1 Å². The van der Waals surface area contributed by atoms with Crippen LogP contribution in [0.4, 0.5) is 4.79 Å². The highest BCUT2D eigenvalue weighted by Gasteiger charge is 2.50. The SMILES string of the molecule is O=C(OC1C2CC3CC(C2)CC1C3)N1CCCC1. The highest BCUT2D eigenvalue weighted by molar-refractivity contribution is 5.68. The van der Waals surface area contributed by atoms with Crippen molar-refractivity contribution >= 4 is 6.09 Å². The van der Waals surface area contributed by atoms with E-state index in [-0.39, 0.29) is 12.2 Å². The van der Waals surface area contributed by atoms with Crippen LogP contribution in [0.1, 0.15) is 44.9 Å². The molecule has 0 atom stereocenters. The zero-order valence-corrected chi connectivity index (χ0v) is 11.0. The average Bonchev–Trinajstić information content (AvgIpc) is 2.86. The van der Waals surface area contributed by atoms with Crippen LogP contribution in [0.3, 0.4) is 0 Å². The first kappa shape index (κ1) is 11.1. The number of carbonyl (C=O) groups is 1. The summed E-state index contributed by atoms with van der Waals surface area (Å²) in [6.07, 6.45) is 9.29. The van der Waals surface area contributed by atoms with Gasteiger partial charge < -0.3 is 9.64 Å². The summed E-state index contributed by atoms with van der Waals surface area (Å²) in [6.45, 7) is 1.82. The first-order valence-electron chi connectivity index (χ1n) is 7.75. The summed E-state index contributed by atoms with van der Waals surface area (Å²) in [5.74, 6) is 3.28. The van der Waals surface area contributed by atoms with E-state index in [4.69, 9.17) is 4.74 Å². The Morgan fingerprint density at radius 1 is 0.889 bits per heavy atom. The molecule has 100 valence electrons. The second kappa shape index (κ2) is 4.14. The number of likely N-dealkylation sites (tertiary alicyclic amines) is 1. The summed E-state index contributed by atoms with van der Waals surface area (Å²) < 4.78 is 5.90. The van der Waals surface area contributed by atoms with Gasteiger partial charge in [-0.2, -0.15) is 0 Å². The third kappa shape index (κ3) is 1.74. The summed E-state index contributed by atoms with van der Waals surface area (Å²) in [4.78, 5) is 14.0. The minimum Gasteiger partial charge on any atom is -0.446 e. The van der Waals surface area contributed by atoms with Gasteiger partial charge in [-0.15, -0.1) is 0 Å². The van der Waals surface area contributed by atoms with Gasteiger partial charge in [-0.3, -0.25) is 0 Å². The normalized spacial score (nSPS) is 45.6. The lowest BCUT2D eigenvalue weighted by atomic mass is 9.55. The van der Waals surface area contributed by atoms with Crippen LogP contribution in [-0.2, 0) is 4.74 Å². The van der Waals surface area contributed by atoms with Gasteiger partial charge >= 0.3 is 6.09 Å². The Kier molecular flexibility index (Phi) is 2.56. The minimum absolute atomic E-state index is 0.0232. The predicted octanol–water partition coefficient (Wildman–Crippen LogP) is 3.04. The van der Waals surface area contributed by atoms with Crippen LogP contribution < -0.4 is 0 Å². The molecule has 0 radical (unpaired) electrons. The van der Waals surface area contributed by atoms with E-state index in [0.717, 1.165) is 37.8 Å². The Hall–Kier alpha value is -0.730. The molecule has 5 fully saturated rings. The van der Waals surface area contributed by atoms with Crippen molar-refractivity contribution in [1.82, 2.24) is 4.90 Å². The van der Waals surface area contributed by atoms with Gasteiger partial charge in [0, 0.05) is 13.1 Å². The lowest BCUT2D eigenvalue weighted by molar-refractivity contribution is -0.101. The van der Waals surface area contributed by atoms with Crippen molar-refractivity contribution in [3.05, 3.63) is 0 Å². The van der Waals surface area contributed by atoms with Gasteiger partial charge in [-0.25, -0.2) is 4.79 Å². The van der Waals surface area contributed by atoms with Gasteiger partial charge in [0.1, 0.15) is 6.10 Å². The summed E-state index contributed by atoms with van der Waals surface area (Å²) >= 11 is 0. The molecule has 1 amide bonds. The molecular weight excluding hydrogens is 226 g/mol. The van der Waals surface area contributed by atoms with Crippen LogP contribution in [0.5, 0.6) is 0 Å². The second-order valence-corrected chi connectivity index (χ2v) is 6.97. The lowest BCUT2D eigenvalue weighted by Gasteiger charge is -2.53. The fourth-order valence-electron chi connectivity index (χ4n) is 5.16. The van der Waals surface area contributed by atoms with Crippen LogP contribution in [-0.4, -0.2) is 30.2 Å². The molecule has 4 bridgehead atoms. The molecule has 3 nitrogen and oxygen atoms in total. The van der Waals surface area contributed by atoms with E-state index in [1.54, 1.807) is 0 Å². The predicted molar refractivity (Wildman–Crippen MR) is 68.1 cm³/mol. The van der Waals surface area contributed by atoms with Crippen LogP contribution in [0.2, 0.25) is 0 Å². The van der Waals surface area contributed by atoms with Crippen molar-refractivity contribution in [3.63, 3.8) is 0 Å². The molecule has 1 saturated heterocycles. The fourth-order valence-corrected chi connectivity index (χ4v) is 5.16. The fraction of sp³-hybridized carbons (Fsp3) is 0.933. The first-order chi connectivity index (χ1) is 8.79. The van der Waals surface area contributed by atoms with E-state index in [1.807, 2.05) is 4.90 Å². The van der Waals surface area contributed by atoms with Crippen LogP contribution in [0.15, 0.2) is 0 Å². The summed E-state index contributed by atoms with van der Waals surface area (Å²) in [5, 5.41) is 0. The Balaban J connectivity index is 1.44. The molecular formula is C15H23NO2. The van der Waals surface area contributed by atoms with Crippen molar-refractivity contribution < 1.29 is 9.53 Å². The van der Waals surface area contributed by atoms with Gasteiger partial charge in [0.15, 0.2) is 0 Å². The van der Waals surface area contributed by atoms with Crippen LogP contribution in [0.25, 0.3) is 0 Å². The quantitative estimate of drug-likeness (QED) is 0.715. The molecule has 0 aromatic carbocycles. The zero-order valence-electron chi connectivity index (χ0n) is 11.0. The first-order valence-corrected chi connectivity index (χ1v) is 7.75. The lowest BCUT2D eigenvalue weighted by Crippen LogP contribution is -2.51. The van der Waals surface area contributed by atoms with E-state index >= 15 is 0 Å². The molecule has 0 aromatic rings. The second-order valence-electron chi connectivity index (χ2n) is 6.97. The van der Waals surface area contributed by atoms with Gasteiger partial charge in [-0.1, -0.05) is 0 Å². The molecule has 4 saturated carbocycles. The molecule has 5 aliphatic rings. The monoisotopic (exact) mass is 249 g/mol. The van der Waals surface area contributed by atoms with Crippen molar-refractivity contribution in [2.45, 2.75) is 51.0 Å². The van der Waals surface area contributed by atoms with E-state index in [0.29, 0.717) is 11.8 Å². The number of ether oxygens (including phenoxy) is 1.